The smallest absolute Gasteiger partial charge is 0.196 e. The Labute approximate surface area is 91.0 Å². The van der Waals surface area contributed by atoms with Gasteiger partial charge in [0, 0.05) is 5.41 Å². The first kappa shape index (κ1) is 10.1. The lowest BCUT2D eigenvalue weighted by atomic mass is 9.71. The highest BCUT2D eigenvalue weighted by Crippen LogP contribution is 2.51. The van der Waals surface area contributed by atoms with E-state index >= 15 is 0 Å². The van der Waals surface area contributed by atoms with Crippen molar-refractivity contribution in [1.82, 2.24) is 0 Å². The summed E-state index contributed by atoms with van der Waals surface area (Å²) in [7, 11) is 0. The van der Waals surface area contributed by atoms with Gasteiger partial charge in [-0.15, -0.1) is 0 Å². The molecule has 2 atom stereocenters. The standard InChI is InChI=1S/C12H20O3/c1-11-7-8-13-10(11)14-15-12(9-11)5-3-2-4-6-12/h10H,2-9H2,1H3/t10-,11+/m1/s1. The summed E-state index contributed by atoms with van der Waals surface area (Å²) in [5.41, 5.74) is 0.201. The van der Waals surface area contributed by atoms with Gasteiger partial charge < -0.3 is 4.74 Å². The van der Waals surface area contributed by atoms with Crippen LogP contribution >= 0.6 is 0 Å². The summed E-state index contributed by atoms with van der Waals surface area (Å²) in [5, 5.41) is 0. The van der Waals surface area contributed by atoms with Gasteiger partial charge in [0.15, 0.2) is 6.29 Å². The quantitative estimate of drug-likeness (QED) is 0.578. The molecule has 2 heterocycles. The lowest BCUT2D eigenvalue weighted by molar-refractivity contribution is -0.468. The zero-order valence-corrected chi connectivity index (χ0v) is 9.46. The molecule has 86 valence electrons. The summed E-state index contributed by atoms with van der Waals surface area (Å²) in [5.74, 6) is 0. The molecule has 0 aromatic carbocycles. The van der Waals surface area contributed by atoms with Crippen LogP contribution < -0.4 is 0 Å². The molecule has 3 rings (SSSR count). The summed E-state index contributed by atoms with van der Waals surface area (Å²) in [6.07, 6.45) is 8.35. The molecular formula is C12H20O3. The Bertz CT molecular complexity index is 247. The Morgan fingerprint density at radius 2 is 1.87 bits per heavy atom. The molecule has 0 aromatic rings. The molecule has 0 aromatic heterocycles. The minimum Gasteiger partial charge on any atom is -0.349 e. The van der Waals surface area contributed by atoms with Gasteiger partial charge in [-0.3, -0.25) is 0 Å². The van der Waals surface area contributed by atoms with E-state index in [9.17, 15) is 0 Å². The lowest BCUT2D eigenvalue weighted by Gasteiger charge is -2.47. The molecule has 3 nitrogen and oxygen atoms in total. The van der Waals surface area contributed by atoms with Crippen molar-refractivity contribution in [2.75, 3.05) is 6.61 Å². The monoisotopic (exact) mass is 212 g/mol. The molecule has 0 N–H and O–H groups in total. The van der Waals surface area contributed by atoms with Crippen LogP contribution in [0, 0.1) is 5.41 Å². The van der Waals surface area contributed by atoms with Gasteiger partial charge in [-0.25, -0.2) is 9.78 Å². The molecule has 2 aliphatic heterocycles. The molecule has 1 spiro atoms. The average Bonchev–Trinajstić information content (AvgIpc) is 2.59. The molecule has 3 fully saturated rings. The first-order chi connectivity index (χ1) is 7.23. The van der Waals surface area contributed by atoms with Crippen LogP contribution in [0.2, 0.25) is 0 Å². The summed E-state index contributed by atoms with van der Waals surface area (Å²) in [6, 6.07) is 0. The van der Waals surface area contributed by atoms with Crippen molar-refractivity contribution < 1.29 is 14.5 Å². The minimum absolute atomic E-state index is 0.0111. The highest BCUT2D eigenvalue weighted by atomic mass is 17.2. The Morgan fingerprint density at radius 1 is 1.07 bits per heavy atom. The van der Waals surface area contributed by atoms with E-state index in [1.807, 2.05) is 0 Å². The summed E-state index contributed by atoms with van der Waals surface area (Å²) in [4.78, 5) is 11.1. The number of ether oxygens (including phenoxy) is 1. The molecule has 3 heteroatoms. The molecule has 0 amide bonds. The molecule has 0 radical (unpaired) electrons. The normalized spacial score (nSPS) is 44.2. The van der Waals surface area contributed by atoms with Gasteiger partial charge in [0.2, 0.25) is 0 Å². The predicted octanol–water partition coefficient (Wildman–Crippen LogP) is 2.79. The maximum Gasteiger partial charge on any atom is 0.196 e. The Morgan fingerprint density at radius 3 is 2.67 bits per heavy atom. The van der Waals surface area contributed by atoms with Crippen LogP contribution in [0.5, 0.6) is 0 Å². The fourth-order valence-electron chi connectivity index (χ4n) is 3.40. The third kappa shape index (κ3) is 1.61. The first-order valence-corrected chi connectivity index (χ1v) is 6.19. The van der Waals surface area contributed by atoms with Crippen molar-refractivity contribution in [2.24, 2.45) is 5.41 Å². The molecule has 1 aliphatic carbocycles. The summed E-state index contributed by atoms with van der Waals surface area (Å²) >= 11 is 0. The third-order valence-corrected chi connectivity index (χ3v) is 4.31. The zero-order valence-electron chi connectivity index (χ0n) is 9.46. The van der Waals surface area contributed by atoms with E-state index in [0.29, 0.717) is 0 Å². The van der Waals surface area contributed by atoms with Gasteiger partial charge in [-0.2, -0.15) is 0 Å². The highest BCUT2D eigenvalue weighted by Gasteiger charge is 2.53. The predicted molar refractivity (Wildman–Crippen MR) is 55.1 cm³/mol. The summed E-state index contributed by atoms with van der Waals surface area (Å²) in [6.45, 7) is 3.10. The largest absolute Gasteiger partial charge is 0.349 e. The highest BCUT2D eigenvalue weighted by molar-refractivity contribution is 4.96. The van der Waals surface area contributed by atoms with Crippen molar-refractivity contribution in [3.05, 3.63) is 0 Å². The van der Waals surface area contributed by atoms with E-state index in [4.69, 9.17) is 14.5 Å². The van der Waals surface area contributed by atoms with Crippen LogP contribution in [-0.2, 0) is 14.5 Å². The maximum absolute atomic E-state index is 5.66. The van der Waals surface area contributed by atoms with E-state index in [1.165, 1.54) is 19.3 Å². The van der Waals surface area contributed by atoms with Gasteiger partial charge in [0.25, 0.3) is 0 Å². The van der Waals surface area contributed by atoms with E-state index in [-0.39, 0.29) is 17.3 Å². The van der Waals surface area contributed by atoms with E-state index in [2.05, 4.69) is 6.92 Å². The van der Waals surface area contributed by atoms with Gasteiger partial charge in [-0.1, -0.05) is 26.2 Å². The van der Waals surface area contributed by atoms with Crippen molar-refractivity contribution in [1.29, 1.82) is 0 Å². The minimum atomic E-state index is -0.120. The van der Waals surface area contributed by atoms with Gasteiger partial charge >= 0.3 is 0 Å². The van der Waals surface area contributed by atoms with Gasteiger partial charge in [0.05, 0.1) is 6.61 Å². The van der Waals surface area contributed by atoms with Crippen LogP contribution in [-0.4, -0.2) is 18.5 Å². The molecule has 0 unspecified atom stereocenters. The fourth-order valence-corrected chi connectivity index (χ4v) is 3.40. The zero-order chi connectivity index (χ0) is 10.4. The van der Waals surface area contributed by atoms with Crippen LogP contribution in [0.4, 0.5) is 0 Å². The Kier molecular flexibility index (Phi) is 2.31. The lowest BCUT2D eigenvalue weighted by Crippen LogP contribution is -2.49. The van der Waals surface area contributed by atoms with E-state index in [1.54, 1.807) is 0 Å². The van der Waals surface area contributed by atoms with Crippen LogP contribution in [0.3, 0.4) is 0 Å². The van der Waals surface area contributed by atoms with Crippen molar-refractivity contribution >= 4 is 0 Å². The number of rotatable bonds is 0. The van der Waals surface area contributed by atoms with E-state index in [0.717, 1.165) is 32.3 Å². The van der Waals surface area contributed by atoms with Crippen molar-refractivity contribution in [3.8, 4) is 0 Å². The molecular weight excluding hydrogens is 192 g/mol. The molecule has 15 heavy (non-hydrogen) atoms. The number of hydrogen-bond acceptors (Lipinski definition) is 3. The average molecular weight is 212 g/mol. The van der Waals surface area contributed by atoms with Gasteiger partial charge in [-0.05, 0) is 25.7 Å². The van der Waals surface area contributed by atoms with Crippen molar-refractivity contribution in [2.45, 2.75) is 63.8 Å². The third-order valence-electron chi connectivity index (χ3n) is 4.31. The second-order valence-corrected chi connectivity index (χ2v) is 5.71. The second kappa shape index (κ2) is 3.44. The van der Waals surface area contributed by atoms with Crippen LogP contribution in [0.1, 0.15) is 51.9 Å². The number of fused-ring (bicyclic) bond motifs is 1. The SMILES string of the molecule is C[C@@]12CCO[C@@H]1OOC1(CCCCC1)C2. The number of hydrogen-bond donors (Lipinski definition) is 0. The van der Waals surface area contributed by atoms with E-state index < -0.39 is 0 Å². The maximum atomic E-state index is 5.66. The molecule has 2 saturated heterocycles. The van der Waals surface area contributed by atoms with Gasteiger partial charge in [0.1, 0.15) is 5.60 Å². The molecule has 0 bridgehead atoms. The first-order valence-electron chi connectivity index (χ1n) is 6.19. The van der Waals surface area contributed by atoms with Crippen LogP contribution in [0.15, 0.2) is 0 Å². The topological polar surface area (TPSA) is 27.7 Å². The van der Waals surface area contributed by atoms with Crippen molar-refractivity contribution in [3.63, 3.8) is 0 Å². The second-order valence-electron chi connectivity index (χ2n) is 5.71. The molecule has 3 aliphatic rings. The fraction of sp³-hybridized carbons (Fsp3) is 1.00. The summed E-state index contributed by atoms with van der Waals surface area (Å²) < 4.78 is 5.55. The Balaban J connectivity index is 1.78. The van der Waals surface area contributed by atoms with Crippen LogP contribution in [0.25, 0.3) is 0 Å². The molecule has 1 saturated carbocycles. The Hall–Kier alpha value is -0.120.